The second-order valence-electron chi connectivity index (χ2n) is 4.80. The zero-order chi connectivity index (χ0) is 15.2. The molecule has 0 aliphatic rings. The van der Waals surface area contributed by atoms with E-state index >= 15 is 0 Å². The van der Waals surface area contributed by atoms with Crippen molar-refractivity contribution in [3.05, 3.63) is 78.4 Å². The Balaban J connectivity index is 1.62. The second-order valence-corrected chi connectivity index (χ2v) is 5.20. The van der Waals surface area contributed by atoms with Crippen molar-refractivity contribution in [1.82, 2.24) is 5.43 Å². The third-order valence-corrected chi connectivity index (χ3v) is 3.38. The lowest BCUT2D eigenvalue weighted by Crippen LogP contribution is -2.23. The average Bonchev–Trinajstić information content (AvgIpc) is 2.55. The van der Waals surface area contributed by atoms with Crippen LogP contribution in [0, 0.1) is 0 Å². The molecule has 0 atom stereocenters. The SMILES string of the molecule is S=C(N/N=C/c1ccc2ccccc2c1)Nc1ccccc1. The van der Waals surface area contributed by atoms with Gasteiger partial charge in [0.05, 0.1) is 6.21 Å². The fourth-order valence-electron chi connectivity index (χ4n) is 2.13. The normalized spacial score (nSPS) is 10.7. The predicted octanol–water partition coefficient (Wildman–Crippen LogP) is 4.16. The van der Waals surface area contributed by atoms with E-state index in [1.54, 1.807) is 6.21 Å². The van der Waals surface area contributed by atoms with Gasteiger partial charge in [-0.25, -0.2) is 0 Å². The Hall–Kier alpha value is -2.72. The molecule has 2 N–H and O–H groups in total. The highest BCUT2D eigenvalue weighted by atomic mass is 32.1. The van der Waals surface area contributed by atoms with Crippen LogP contribution in [0.1, 0.15) is 5.56 Å². The van der Waals surface area contributed by atoms with Crippen LogP contribution in [0.15, 0.2) is 77.9 Å². The summed E-state index contributed by atoms with van der Waals surface area (Å²) < 4.78 is 0. The Labute approximate surface area is 134 Å². The number of nitrogens with zero attached hydrogens (tertiary/aromatic N) is 1. The lowest BCUT2D eigenvalue weighted by Gasteiger charge is -2.06. The summed E-state index contributed by atoms with van der Waals surface area (Å²) >= 11 is 5.19. The van der Waals surface area contributed by atoms with Crippen LogP contribution in [0.5, 0.6) is 0 Å². The first-order valence-corrected chi connectivity index (χ1v) is 7.36. The van der Waals surface area contributed by atoms with Crippen LogP contribution in [-0.2, 0) is 0 Å². The molecule has 0 unspecified atom stereocenters. The van der Waals surface area contributed by atoms with Crippen molar-refractivity contribution in [3.63, 3.8) is 0 Å². The van der Waals surface area contributed by atoms with Gasteiger partial charge in [-0.1, -0.05) is 54.6 Å². The third kappa shape index (κ3) is 3.68. The van der Waals surface area contributed by atoms with E-state index in [1.165, 1.54) is 10.8 Å². The second kappa shape index (κ2) is 6.83. The Morgan fingerprint density at radius 3 is 2.41 bits per heavy atom. The van der Waals surface area contributed by atoms with Gasteiger partial charge in [-0.05, 0) is 46.8 Å². The molecular formula is C18H15N3S. The van der Waals surface area contributed by atoms with Gasteiger partial charge in [0.1, 0.15) is 0 Å². The van der Waals surface area contributed by atoms with Gasteiger partial charge in [-0.15, -0.1) is 0 Å². The number of rotatable bonds is 3. The van der Waals surface area contributed by atoms with E-state index in [2.05, 4.69) is 40.1 Å². The first-order valence-electron chi connectivity index (χ1n) is 6.95. The molecule has 0 spiro atoms. The van der Waals surface area contributed by atoms with E-state index in [4.69, 9.17) is 12.2 Å². The van der Waals surface area contributed by atoms with E-state index in [0.29, 0.717) is 5.11 Å². The average molecular weight is 305 g/mol. The monoisotopic (exact) mass is 305 g/mol. The van der Waals surface area contributed by atoms with E-state index in [9.17, 15) is 0 Å². The third-order valence-electron chi connectivity index (χ3n) is 3.18. The van der Waals surface area contributed by atoms with Crippen LogP contribution in [0.4, 0.5) is 5.69 Å². The molecule has 0 aliphatic heterocycles. The maximum atomic E-state index is 5.19. The van der Waals surface area contributed by atoms with Crippen molar-refractivity contribution in [2.45, 2.75) is 0 Å². The first-order chi connectivity index (χ1) is 10.8. The molecule has 0 saturated carbocycles. The maximum Gasteiger partial charge on any atom is 0.191 e. The standard InChI is InChI=1S/C18H15N3S/c22-18(20-17-8-2-1-3-9-17)21-19-13-14-10-11-15-6-4-5-7-16(15)12-14/h1-13H,(H2,20,21,22)/b19-13+. The van der Waals surface area contributed by atoms with Crippen molar-refractivity contribution in [3.8, 4) is 0 Å². The van der Waals surface area contributed by atoms with Crippen molar-refractivity contribution in [1.29, 1.82) is 0 Å². The topological polar surface area (TPSA) is 36.4 Å². The lowest BCUT2D eigenvalue weighted by molar-refractivity contribution is 1.05. The van der Waals surface area contributed by atoms with Gasteiger partial charge in [-0.3, -0.25) is 5.43 Å². The number of hydrogen-bond donors (Lipinski definition) is 2. The molecule has 0 amide bonds. The smallest absolute Gasteiger partial charge is 0.191 e. The summed E-state index contributed by atoms with van der Waals surface area (Å²) in [4.78, 5) is 0. The number of hydrogen-bond acceptors (Lipinski definition) is 2. The van der Waals surface area contributed by atoms with E-state index < -0.39 is 0 Å². The van der Waals surface area contributed by atoms with Crippen LogP contribution < -0.4 is 10.7 Å². The van der Waals surface area contributed by atoms with Crippen LogP contribution in [0.25, 0.3) is 10.8 Å². The Kier molecular flexibility index (Phi) is 4.41. The number of hydrazone groups is 1. The lowest BCUT2D eigenvalue weighted by atomic mass is 10.1. The number of anilines is 1. The molecule has 3 aromatic carbocycles. The van der Waals surface area contributed by atoms with E-state index in [-0.39, 0.29) is 0 Å². The van der Waals surface area contributed by atoms with Gasteiger partial charge in [0.2, 0.25) is 0 Å². The molecule has 0 saturated heterocycles. The number of thiocarbonyl (C=S) groups is 1. The molecule has 0 bridgehead atoms. The van der Waals surface area contributed by atoms with Gasteiger partial charge in [0.15, 0.2) is 5.11 Å². The summed E-state index contributed by atoms with van der Waals surface area (Å²) in [5.41, 5.74) is 4.77. The molecule has 3 aromatic rings. The summed E-state index contributed by atoms with van der Waals surface area (Å²) in [5.74, 6) is 0. The molecule has 0 fully saturated rings. The molecular weight excluding hydrogens is 290 g/mol. The van der Waals surface area contributed by atoms with Gasteiger partial charge in [0, 0.05) is 5.69 Å². The fraction of sp³-hybridized carbons (Fsp3) is 0. The van der Waals surface area contributed by atoms with Crippen molar-refractivity contribution in [2.24, 2.45) is 5.10 Å². The van der Waals surface area contributed by atoms with Crippen LogP contribution in [-0.4, -0.2) is 11.3 Å². The predicted molar refractivity (Wildman–Crippen MR) is 97.3 cm³/mol. The fourth-order valence-corrected chi connectivity index (χ4v) is 2.30. The van der Waals surface area contributed by atoms with Crippen LogP contribution in [0.3, 0.4) is 0 Å². The zero-order valence-electron chi connectivity index (χ0n) is 11.9. The van der Waals surface area contributed by atoms with E-state index in [0.717, 1.165) is 11.3 Å². The van der Waals surface area contributed by atoms with Gasteiger partial charge in [0.25, 0.3) is 0 Å². The van der Waals surface area contributed by atoms with Gasteiger partial charge < -0.3 is 5.32 Å². The Morgan fingerprint density at radius 2 is 1.59 bits per heavy atom. The molecule has 22 heavy (non-hydrogen) atoms. The van der Waals surface area contributed by atoms with Crippen molar-refractivity contribution >= 4 is 40.0 Å². The molecule has 0 heterocycles. The largest absolute Gasteiger partial charge is 0.331 e. The summed E-state index contributed by atoms with van der Waals surface area (Å²) in [6.45, 7) is 0. The van der Waals surface area contributed by atoms with Crippen molar-refractivity contribution in [2.75, 3.05) is 5.32 Å². The van der Waals surface area contributed by atoms with Crippen LogP contribution >= 0.6 is 12.2 Å². The molecule has 108 valence electrons. The number of para-hydroxylation sites is 1. The molecule has 3 nitrogen and oxygen atoms in total. The minimum atomic E-state index is 0.461. The highest BCUT2D eigenvalue weighted by Crippen LogP contribution is 2.14. The first kappa shape index (κ1) is 14.2. The molecule has 0 aromatic heterocycles. The number of benzene rings is 3. The summed E-state index contributed by atoms with van der Waals surface area (Å²) in [6, 6.07) is 24.2. The Bertz CT molecular complexity index is 813. The number of nitrogens with one attached hydrogen (secondary N) is 2. The van der Waals surface area contributed by atoms with Gasteiger partial charge in [-0.2, -0.15) is 5.10 Å². The minimum absolute atomic E-state index is 0.461. The summed E-state index contributed by atoms with van der Waals surface area (Å²) in [6.07, 6.45) is 1.76. The highest BCUT2D eigenvalue weighted by molar-refractivity contribution is 7.80. The molecule has 0 radical (unpaired) electrons. The van der Waals surface area contributed by atoms with E-state index in [1.807, 2.05) is 48.5 Å². The maximum absolute atomic E-state index is 5.19. The molecule has 3 rings (SSSR count). The quantitative estimate of drug-likeness (QED) is 0.433. The van der Waals surface area contributed by atoms with Crippen LogP contribution in [0.2, 0.25) is 0 Å². The Morgan fingerprint density at radius 1 is 0.864 bits per heavy atom. The molecule has 4 heteroatoms. The highest BCUT2D eigenvalue weighted by Gasteiger charge is 1.95. The molecule has 0 aliphatic carbocycles. The minimum Gasteiger partial charge on any atom is -0.331 e. The van der Waals surface area contributed by atoms with Gasteiger partial charge >= 0.3 is 0 Å². The number of fused-ring (bicyclic) bond motifs is 1. The summed E-state index contributed by atoms with van der Waals surface area (Å²) in [7, 11) is 0. The zero-order valence-corrected chi connectivity index (χ0v) is 12.7. The van der Waals surface area contributed by atoms with Crippen molar-refractivity contribution < 1.29 is 0 Å². The summed E-state index contributed by atoms with van der Waals surface area (Å²) in [5, 5.41) is 10.1.